The predicted molar refractivity (Wildman–Crippen MR) is 104 cm³/mol. The number of nitrogens with one attached hydrogen (secondary N) is 1. The van der Waals surface area contributed by atoms with E-state index < -0.39 is 0 Å². The summed E-state index contributed by atoms with van der Waals surface area (Å²) >= 11 is 0. The fraction of sp³-hybridized carbons (Fsp3) is 0.364. The lowest BCUT2D eigenvalue weighted by molar-refractivity contribution is -0.132. The molecule has 2 aromatic rings. The van der Waals surface area contributed by atoms with Gasteiger partial charge in [0.15, 0.2) is 0 Å². The van der Waals surface area contributed by atoms with Crippen molar-refractivity contribution in [1.82, 2.24) is 10.2 Å². The Bertz CT molecular complexity index is 768. The maximum atomic E-state index is 12.4. The van der Waals surface area contributed by atoms with Crippen LogP contribution in [0, 0.1) is 6.92 Å². The summed E-state index contributed by atoms with van der Waals surface area (Å²) in [4.78, 5) is 26.4. The maximum Gasteiger partial charge on any atom is 0.251 e. The fourth-order valence-electron chi connectivity index (χ4n) is 3.25. The first kappa shape index (κ1) is 19.1. The van der Waals surface area contributed by atoms with Gasteiger partial charge < -0.3 is 15.0 Å². The van der Waals surface area contributed by atoms with Crippen molar-refractivity contribution in [3.63, 3.8) is 0 Å². The van der Waals surface area contributed by atoms with Crippen molar-refractivity contribution in [2.24, 2.45) is 0 Å². The number of ether oxygens (including phenoxy) is 1. The van der Waals surface area contributed by atoms with E-state index in [4.69, 9.17) is 4.74 Å². The maximum absolute atomic E-state index is 12.4. The average molecular weight is 366 g/mol. The third-order valence-electron chi connectivity index (χ3n) is 4.91. The standard InChI is InChI=1S/C22H26N2O3/c1-17-7-5-6-10-20(17)22(26)23-15-21(25)24-13-11-19(12-14-24)27-16-18-8-3-2-4-9-18/h2-10,19H,11-16H2,1H3,(H,23,26). The van der Waals surface area contributed by atoms with Crippen LogP contribution in [-0.4, -0.2) is 42.5 Å². The molecule has 0 aliphatic carbocycles. The molecule has 1 heterocycles. The SMILES string of the molecule is Cc1ccccc1C(=O)NCC(=O)N1CCC(OCc2ccccc2)CC1. The first-order chi connectivity index (χ1) is 13.1. The molecular formula is C22H26N2O3. The molecule has 0 spiro atoms. The minimum atomic E-state index is -0.206. The van der Waals surface area contributed by atoms with Crippen LogP contribution < -0.4 is 5.32 Å². The molecule has 142 valence electrons. The summed E-state index contributed by atoms with van der Waals surface area (Å²) in [6, 6.07) is 17.5. The largest absolute Gasteiger partial charge is 0.373 e. The molecule has 0 atom stereocenters. The molecule has 5 heteroatoms. The number of aryl methyl sites for hydroxylation is 1. The second-order valence-electron chi connectivity index (χ2n) is 6.87. The van der Waals surface area contributed by atoms with Crippen LogP contribution in [0.5, 0.6) is 0 Å². The Labute approximate surface area is 160 Å². The molecule has 2 amide bonds. The molecule has 0 saturated carbocycles. The van der Waals surface area contributed by atoms with Crippen LogP contribution in [0.25, 0.3) is 0 Å². The monoisotopic (exact) mass is 366 g/mol. The van der Waals surface area contributed by atoms with Gasteiger partial charge in [0, 0.05) is 18.7 Å². The predicted octanol–water partition coefficient (Wildman–Crippen LogP) is 2.93. The van der Waals surface area contributed by atoms with Gasteiger partial charge in [0.25, 0.3) is 5.91 Å². The van der Waals surface area contributed by atoms with E-state index in [-0.39, 0.29) is 24.5 Å². The Morgan fingerprint density at radius 1 is 1.04 bits per heavy atom. The van der Waals surface area contributed by atoms with Gasteiger partial charge in [-0.25, -0.2) is 0 Å². The molecule has 0 radical (unpaired) electrons. The highest BCUT2D eigenvalue weighted by Gasteiger charge is 2.23. The molecule has 3 rings (SSSR count). The second kappa shape index (κ2) is 9.33. The van der Waals surface area contributed by atoms with Gasteiger partial charge in [-0.15, -0.1) is 0 Å². The number of benzene rings is 2. The number of carbonyl (C=O) groups is 2. The molecule has 0 unspecified atom stereocenters. The highest BCUT2D eigenvalue weighted by Crippen LogP contribution is 2.16. The molecule has 5 nitrogen and oxygen atoms in total. The third kappa shape index (κ3) is 5.41. The number of rotatable bonds is 6. The summed E-state index contributed by atoms with van der Waals surface area (Å²) in [6.07, 6.45) is 1.82. The van der Waals surface area contributed by atoms with Crippen LogP contribution in [0.4, 0.5) is 0 Å². The number of carbonyl (C=O) groups excluding carboxylic acids is 2. The number of nitrogens with zero attached hydrogens (tertiary/aromatic N) is 1. The molecule has 1 N–H and O–H groups in total. The lowest BCUT2D eigenvalue weighted by Gasteiger charge is -2.32. The van der Waals surface area contributed by atoms with Crippen molar-refractivity contribution in [2.75, 3.05) is 19.6 Å². The number of amides is 2. The summed E-state index contributed by atoms with van der Waals surface area (Å²) in [7, 11) is 0. The number of likely N-dealkylation sites (tertiary alicyclic amines) is 1. The number of hydrogen-bond donors (Lipinski definition) is 1. The van der Waals surface area contributed by atoms with Crippen molar-refractivity contribution in [3.8, 4) is 0 Å². The van der Waals surface area contributed by atoms with Crippen LogP contribution >= 0.6 is 0 Å². The van der Waals surface area contributed by atoms with Gasteiger partial charge in [-0.05, 0) is 37.0 Å². The van der Waals surface area contributed by atoms with E-state index in [1.165, 1.54) is 0 Å². The van der Waals surface area contributed by atoms with Gasteiger partial charge in [0.2, 0.25) is 5.91 Å². The Kier molecular flexibility index (Phi) is 6.60. The minimum Gasteiger partial charge on any atom is -0.373 e. The van der Waals surface area contributed by atoms with E-state index in [9.17, 15) is 9.59 Å². The molecule has 1 aliphatic rings. The number of hydrogen-bond acceptors (Lipinski definition) is 3. The normalized spacial score (nSPS) is 14.8. The summed E-state index contributed by atoms with van der Waals surface area (Å²) in [6.45, 7) is 3.85. The molecule has 1 saturated heterocycles. The van der Waals surface area contributed by atoms with E-state index in [1.54, 1.807) is 11.0 Å². The molecule has 1 fully saturated rings. The molecule has 27 heavy (non-hydrogen) atoms. The van der Waals surface area contributed by atoms with Crippen molar-refractivity contribution >= 4 is 11.8 Å². The summed E-state index contributed by atoms with van der Waals surface area (Å²) in [5, 5.41) is 2.73. The van der Waals surface area contributed by atoms with Gasteiger partial charge in [0.05, 0.1) is 19.3 Å². The summed E-state index contributed by atoms with van der Waals surface area (Å²) in [5.41, 5.74) is 2.67. The highest BCUT2D eigenvalue weighted by molar-refractivity contribution is 5.97. The van der Waals surface area contributed by atoms with Crippen LogP contribution in [0.3, 0.4) is 0 Å². The summed E-state index contributed by atoms with van der Waals surface area (Å²) in [5.74, 6) is -0.249. The first-order valence-electron chi connectivity index (χ1n) is 9.40. The Hall–Kier alpha value is -2.66. The lowest BCUT2D eigenvalue weighted by Crippen LogP contribution is -2.45. The molecule has 0 aromatic heterocycles. The van der Waals surface area contributed by atoms with Crippen LogP contribution in [-0.2, 0) is 16.1 Å². The fourth-order valence-corrected chi connectivity index (χ4v) is 3.25. The van der Waals surface area contributed by atoms with Crippen molar-refractivity contribution in [3.05, 3.63) is 71.3 Å². The molecule has 0 bridgehead atoms. The quantitative estimate of drug-likeness (QED) is 0.855. The molecular weight excluding hydrogens is 340 g/mol. The van der Waals surface area contributed by atoms with Gasteiger partial charge in [-0.3, -0.25) is 9.59 Å². The van der Waals surface area contributed by atoms with E-state index >= 15 is 0 Å². The Morgan fingerprint density at radius 3 is 2.41 bits per heavy atom. The first-order valence-corrected chi connectivity index (χ1v) is 9.40. The van der Waals surface area contributed by atoms with Crippen LogP contribution in [0.15, 0.2) is 54.6 Å². The zero-order valence-electron chi connectivity index (χ0n) is 15.7. The smallest absolute Gasteiger partial charge is 0.251 e. The van der Waals surface area contributed by atoms with Gasteiger partial charge in [-0.1, -0.05) is 48.5 Å². The Balaban J connectivity index is 1.39. The second-order valence-corrected chi connectivity index (χ2v) is 6.87. The van der Waals surface area contributed by atoms with E-state index in [0.717, 1.165) is 24.0 Å². The van der Waals surface area contributed by atoms with Crippen molar-refractivity contribution in [2.45, 2.75) is 32.5 Å². The topological polar surface area (TPSA) is 58.6 Å². The molecule has 1 aliphatic heterocycles. The summed E-state index contributed by atoms with van der Waals surface area (Å²) < 4.78 is 5.96. The van der Waals surface area contributed by atoms with Gasteiger partial charge >= 0.3 is 0 Å². The number of piperidine rings is 1. The van der Waals surface area contributed by atoms with Crippen molar-refractivity contribution < 1.29 is 14.3 Å². The van der Waals surface area contributed by atoms with Crippen LogP contribution in [0.2, 0.25) is 0 Å². The van der Waals surface area contributed by atoms with Gasteiger partial charge in [-0.2, -0.15) is 0 Å². The van der Waals surface area contributed by atoms with E-state index in [1.807, 2.05) is 43.3 Å². The van der Waals surface area contributed by atoms with E-state index in [2.05, 4.69) is 17.4 Å². The highest BCUT2D eigenvalue weighted by atomic mass is 16.5. The lowest BCUT2D eigenvalue weighted by atomic mass is 10.1. The zero-order valence-corrected chi connectivity index (χ0v) is 15.7. The molecule has 2 aromatic carbocycles. The van der Waals surface area contributed by atoms with Gasteiger partial charge in [0.1, 0.15) is 0 Å². The third-order valence-corrected chi connectivity index (χ3v) is 4.91. The van der Waals surface area contributed by atoms with Crippen molar-refractivity contribution in [1.29, 1.82) is 0 Å². The zero-order chi connectivity index (χ0) is 19.1. The average Bonchev–Trinajstić information content (AvgIpc) is 2.72. The minimum absolute atomic E-state index is 0.0305. The Morgan fingerprint density at radius 2 is 1.70 bits per heavy atom. The van der Waals surface area contributed by atoms with Crippen LogP contribution in [0.1, 0.15) is 34.3 Å². The van der Waals surface area contributed by atoms with E-state index in [0.29, 0.717) is 25.3 Å².